The van der Waals surface area contributed by atoms with Crippen LogP contribution in [0.5, 0.6) is 0 Å². The molecule has 4 nitrogen and oxygen atoms in total. The summed E-state index contributed by atoms with van der Waals surface area (Å²) in [5, 5.41) is 4.01. The highest BCUT2D eigenvalue weighted by molar-refractivity contribution is 6.00. The molecule has 1 N–H and O–H groups in total. The number of hydrogen-bond acceptors (Lipinski definition) is 3. The highest BCUT2D eigenvalue weighted by atomic mass is 16.1. The van der Waals surface area contributed by atoms with Crippen molar-refractivity contribution < 1.29 is 4.79 Å². The van der Waals surface area contributed by atoms with Gasteiger partial charge >= 0.3 is 0 Å². The molecule has 0 spiro atoms. The number of unbranched alkanes of at least 4 members (excludes halogenated alkanes) is 1. The van der Waals surface area contributed by atoms with Gasteiger partial charge in [-0.2, -0.15) is 0 Å². The van der Waals surface area contributed by atoms with Gasteiger partial charge in [0.05, 0.1) is 11.2 Å². The minimum Gasteiger partial charge on any atom is -0.324 e. The zero-order chi connectivity index (χ0) is 15.1. The lowest BCUT2D eigenvalue weighted by atomic mass is 10.2. The number of aromatic nitrogens is 1. The molecule has 0 saturated carbocycles. The van der Waals surface area contributed by atoms with Gasteiger partial charge in [0, 0.05) is 24.5 Å². The highest BCUT2D eigenvalue weighted by Crippen LogP contribution is 2.20. The zero-order valence-corrected chi connectivity index (χ0v) is 12.8. The van der Waals surface area contributed by atoms with Gasteiger partial charge in [0.15, 0.2) is 0 Å². The van der Waals surface area contributed by atoms with Crippen LogP contribution in [0.4, 0.5) is 5.69 Å². The molecule has 2 aromatic rings. The molecule has 0 aliphatic rings. The van der Waals surface area contributed by atoms with Crippen molar-refractivity contribution in [2.24, 2.45) is 0 Å². The smallest absolute Gasteiger partial charge is 0.225 e. The molecule has 21 heavy (non-hydrogen) atoms. The standard InChI is InChI=1S/C17H23N3O/c1-3-4-12-20(2)13-10-16(21)19-15-9-5-7-14-8-6-11-18-17(14)15/h5-9,11H,3-4,10,12-13H2,1-2H3,(H,19,21). The van der Waals surface area contributed by atoms with Crippen LogP contribution in [0, 0.1) is 0 Å². The van der Waals surface area contributed by atoms with Crippen LogP contribution in [0.25, 0.3) is 10.9 Å². The number of pyridine rings is 1. The molecule has 112 valence electrons. The number of benzene rings is 1. The van der Waals surface area contributed by atoms with Crippen LogP contribution < -0.4 is 5.32 Å². The van der Waals surface area contributed by atoms with Crippen LogP contribution in [-0.2, 0) is 4.79 Å². The van der Waals surface area contributed by atoms with E-state index in [0.717, 1.165) is 29.7 Å². The number of para-hydroxylation sites is 1. The third-order valence-electron chi connectivity index (χ3n) is 3.52. The maximum Gasteiger partial charge on any atom is 0.225 e. The number of nitrogens with one attached hydrogen (secondary N) is 1. The van der Waals surface area contributed by atoms with Gasteiger partial charge in [0.2, 0.25) is 5.91 Å². The summed E-state index contributed by atoms with van der Waals surface area (Å²) in [6.45, 7) is 4.00. The predicted octanol–water partition coefficient (Wildman–Crippen LogP) is 3.30. The minimum absolute atomic E-state index is 0.0384. The van der Waals surface area contributed by atoms with Crippen molar-refractivity contribution in [3.63, 3.8) is 0 Å². The monoisotopic (exact) mass is 285 g/mol. The summed E-state index contributed by atoms with van der Waals surface area (Å²) < 4.78 is 0. The van der Waals surface area contributed by atoms with E-state index in [1.807, 2.05) is 30.3 Å². The lowest BCUT2D eigenvalue weighted by molar-refractivity contribution is -0.116. The fraction of sp³-hybridized carbons (Fsp3) is 0.412. The second-order valence-electron chi connectivity index (χ2n) is 5.34. The molecule has 1 amide bonds. The van der Waals surface area contributed by atoms with Crippen molar-refractivity contribution in [2.45, 2.75) is 26.2 Å². The molecule has 2 rings (SSSR count). The number of anilines is 1. The molecule has 0 fully saturated rings. The molecule has 0 radical (unpaired) electrons. The maximum absolute atomic E-state index is 12.1. The number of nitrogens with zero attached hydrogens (tertiary/aromatic N) is 2. The van der Waals surface area contributed by atoms with Crippen molar-refractivity contribution in [1.82, 2.24) is 9.88 Å². The molecule has 0 bridgehead atoms. The van der Waals surface area contributed by atoms with E-state index in [1.165, 1.54) is 12.8 Å². The molecule has 1 aromatic carbocycles. The topological polar surface area (TPSA) is 45.2 Å². The van der Waals surface area contributed by atoms with Crippen LogP contribution in [0.15, 0.2) is 36.5 Å². The summed E-state index contributed by atoms with van der Waals surface area (Å²) in [6.07, 6.45) is 4.60. The normalized spacial score (nSPS) is 11.0. The van der Waals surface area contributed by atoms with Crippen molar-refractivity contribution in [3.8, 4) is 0 Å². The van der Waals surface area contributed by atoms with Gasteiger partial charge in [0.1, 0.15) is 0 Å². The summed E-state index contributed by atoms with van der Waals surface area (Å²) in [5.74, 6) is 0.0384. The van der Waals surface area contributed by atoms with E-state index in [2.05, 4.69) is 29.2 Å². The number of carbonyl (C=O) groups excluding carboxylic acids is 1. The van der Waals surface area contributed by atoms with Crippen molar-refractivity contribution in [3.05, 3.63) is 36.5 Å². The summed E-state index contributed by atoms with van der Waals surface area (Å²) in [5.41, 5.74) is 1.63. The molecule has 0 aliphatic carbocycles. The van der Waals surface area contributed by atoms with E-state index in [0.29, 0.717) is 6.42 Å². The lowest BCUT2D eigenvalue weighted by Crippen LogP contribution is -2.25. The highest BCUT2D eigenvalue weighted by Gasteiger charge is 2.07. The summed E-state index contributed by atoms with van der Waals surface area (Å²) >= 11 is 0. The predicted molar refractivity (Wildman–Crippen MR) is 87.4 cm³/mol. The van der Waals surface area contributed by atoms with Gasteiger partial charge in [-0.05, 0) is 32.1 Å². The van der Waals surface area contributed by atoms with Crippen LogP contribution in [0.1, 0.15) is 26.2 Å². The Hall–Kier alpha value is -1.94. The Kier molecular flexibility index (Phi) is 5.69. The van der Waals surface area contributed by atoms with E-state index in [-0.39, 0.29) is 5.91 Å². The van der Waals surface area contributed by atoms with Gasteiger partial charge in [-0.15, -0.1) is 0 Å². The second-order valence-corrected chi connectivity index (χ2v) is 5.34. The first-order valence-electron chi connectivity index (χ1n) is 7.53. The third kappa shape index (κ3) is 4.53. The molecular weight excluding hydrogens is 262 g/mol. The molecule has 0 unspecified atom stereocenters. The van der Waals surface area contributed by atoms with E-state index >= 15 is 0 Å². The SMILES string of the molecule is CCCCN(C)CCC(=O)Nc1cccc2cccnc12. The summed E-state index contributed by atoms with van der Waals surface area (Å²) in [4.78, 5) is 18.6. The van der Waals surface area contributed by atoms with Gasteiger partial charge in [-0.1, -0.05) is 31.5 Å². The van der Waals surface area contributed by atoms with E-state index in [9.17, 15) is 4.79 Å². The fourth-order valence-corrected chi connectivity index (χ4v) is 2.25. The Morgan fingerprint density at radius 1 is 1.24 bits per heavy atom. The van der Waals surface area contributed by atoms with E-state index in [1.54, 1.807) is 6.20 Å². The Morgan fingerprint density at radius 2 is 2.05 bits per heavy atom. The Bertz CT molecular complexity index is 592. The number of amides is 1. The van der Waals surface area contributed by atoms with Gasteiger partial charge in [-0.3, -0.25) is 9.78 Å². The molecule has 1 heterocycles. The quantitative estimate of drug-likeness (QED) is 0.849. The van der Waals surface area contributed by atoms with Crippen LogP contribution in [-0.4, -0.2) is 35.9 Å². The molecule has 4 heteroatoms. The minimum atomic E-state index is 0.0384. The third-order valence-corrected chi connectivity index (χ3v) is 3.52. The van der Waals surface area contributed by atoms with Crippen molar-refractivity contribution in [2.75, 3.05) is 25.5 Å². The first-order chi connectivity index (χ1) is 10.2. The average molecular weight is 285 g/mol. The molecule has 0 atom stereocenters. The molecular formula is C17H23N3O. The Balaban J connectivity index is 1.93. The van der Waals surface area contributed by atoms with Crippen LogP contribution >= 0.6 is 0 Å². The van der Waals surface area contributed by atoms with Crippen LogP contribution in [0.2, 0.25) is 0 Å². The summed E-state index contributed by atoms with van der Waals surface area (Å²) in [7, 11) is 2.06. The summed E-state index contributed by atoms with van der Waals surface area (Å²) in [6, 6.07) is 9.73. The van der Waals surface area contributed by atoms with E-state index < -0.39 is 0 Å². The first kappa shape index (κ1) is 15.4. The second kappa shape index (κ2) is 7.74. The number of hydrogen-bond donors (Lipinski definition) is 1. The van der Waals surface area contributed by atoms with Crippen molar-refractivity contribution >= 4 is 22.5 Å². The van der Waals surface area contributed by atoms with Gasteiger partial charge < -0.3 is 10.2 Å². The number of carbonyl (C=O) groups is 1. The van der Waals surface area contributed by atoms with Gasteiger partial charge in [-0.25, -0.2) is 0 Å². The van der Waals surface area contributed by atoms with Crippen LogP contribution in [0.3, 0.4) is 0 Å². The maximum atomic E-state index is 12.1. The van der Waals surface area contributed by atoms with E-state index in [4.69, 9.17) is 0 Å². The Labute approximate surface area is 126 Å². The number of fused-ring (bicyclic) bond motifs is 1. The molecule has 1 aromatic heterocycles. The zero-order valence-electron chi connectivity index (χ0n) is 12.8. The number of rotatable bonds is 7. The molecule has 0 saturated heterocycles. The largest absolute Gasteiger partial charge is 0.324 e. The first-order valence-corrected chi connectivity index (χ1v) is 7.53. The van der Waals surface area contributed by atoms with Gasteiger partial charge in [0.25, 0.3) is 0 Å². The Morgan fingerprint density at radius 3 is 2.86 bits per heavy atom. The molecule has 0 aliphatic heterocycles. The lowest BCUT2D eigenvalue weighted by Gasteiger charge is -2.15. The average Bonchev–Trinajstić information content (AvgIpc) is 2.51. The van der Waals surface area contributed by atoms with Crippen molar-refractivity contribution in [1.29, 1.82) is 0 Å². The fourth-order valence-electron chi connectivity index (χ4n) is 2.25.